The van der Waals surface area contributed by atoms with E-state index in [4.69, 9.17) is 5.73 Å². The Morgan fingerprint density at radius 2 is 1.38 bits per heavy atom. The molecule has 4 rings (SSSR count). The zero-order chi connectivity index (χ0) is 14.7. The van der Waals surface area contributed by atoms with Crippen LogP contribution in [0.1, 0.15) is 96.8 Å². The van der Waals surface area contributed by atoms with E-state index in [-0.39, 0.29) is 0 Å². The molecule has 0 aromatic carbocycles. The fraction of sp³-hybridized carbons (Fsp3) is 1.00. The molecule has 3 unspecified atom stereocenters. The Balaban J connectivity index is 1.37. The molecule has 122 valence electrons. The molecule has 0 aromatic heterocycles. The van der Waals surface area contributed by atoms with Crippen molar-refractivity contribution >= 4 is 0 Å². The molecule has 0 heterocycles. The average Bonchev–Trinajstić information content (AvgIpc) is 2.47. The summed E-state index contributed by atoms with van der Waals surface area (Å²) in [6.07, 6.45) is 20.5. The van der Waals surface area contributed by atoms with Gasteiger partial charge >= 0.3 is 0 Å². The lowest BCUT2D eigenvalue weighted by molar-refractivity contribution is -0.0773. The van der Waals surface area contributed by atoms with Gasteiger partial charge in [0.1, 0.15) is 0 Å². The van der Waals surface area contributed by atoms with Crippen LogP contribution >= 0.6 is 0 Å². The lowest BCUT2D eigenvalue weighted by atomic mass is 9.46. The van der Waals surface area contributed by atoms with Crippen molar-refractivity contribution in [3.8, 4) is 0 Å². The van der Waals surface area contributed by atoms with Crippen LogP contribution in [-0.4, -0.2) is 6.04 Å². The molecule has 0 aromatic rings. The van der Waals surface area contributed by atoms with Crippen molar-refractivity contribution in [2.75, 3.05) is 0 Å². The molecule has 4 bridgehead atoms. The van der Waals surface area contributed by atoms with Crippen LogP contribution in [0.5, 0.6) is 0 Å². The Labute approximate surface area is 132 Å². The van der Waals surface area contributed by atoms with E-state index < -0.39 is 0 Å². The minimum atomic E-state index is 0.551. The van der Waals surface area contributed by atoms with Gasteiger partial charge in [-0.15, -0.1) is 0 Å². The maximum atomic E-state index is 6.70. The van der Waals surface area contributed by atoms with Gasteiger partial charge in [-0.3, -0.25) is 0 Å². The van der Waals surface area contributed by atoms with Crippen molar-refractivity contribution in [3.05, 3.63) is 0 Å². The first-order chi connectivity index (χ1) is 10.2. The van der Waals surface area contributed by atoms with Crippen LogP contribution in [0.3, 0.4) is 0 Å². The first-order valence-electron chi connectivity index (χ1n) is 9.99. The molecule has 1 nitrogen and oxygen atoms in total. The molecule has 0 spiro atoms. The van der Waals surface area contributed by atoms with Crippen molar-refractivity contribution in [1.29, 1.82) is 0 Å². The zero-order valence-corrected chi connectivity index (χ0v) is 14.3. The highest BCUT2D eigenvalue weighted by Crippen LogP contribution is 2.61. The van der Waals surface area contributed by atoms with E-state index >= 15 is 0 Å². The molecule has 0 saturated heterocycles. The highest BCUT2D eigenvalue weighted by molar-refractivity contribution is 5.08. The maximum Gasteiger partial charge on any atom is 0.0124 e. The Morgan fingerprint density at radius 1 is 0.810 bits per heavy atom. The van der Waals surface area contributed by atoms with Crippen molar-refractivity contribution in [2.24, 2.45) is 28.9 Å². The smallest absolute Gasteiger partial charge is 0.0124 e. The Kier molecular flexibility index (Phi) is 5.30. The molecule has 0 aliphatic heterocycles. The molecule has 0 radical (unpaired) electrons. The minimum Gasteiger partial charge on any atom is -0.327 e. The third-order valence-electron chi connectivity index (χ3n) is 7.07. The first-order valence-corrected chi connectivity index (χ1v) is 9.99. The zero-order valence-electron chi connectivity index (χ0n) is 14.3. The standard InChI is InChI=1S/C20H37N/c1-2-3-4-5-6-7-8-9-10-20-14-16-11-17(15-20)13-18(12-16)19(20)21/h16-19H,2-15,21H2,1H3/t16-,17+,18?,19?,20?. The number of unbranched alkanes of at least 4 members (excludes halogenated alkanes) is 7. The Bertz CT molecular complexity index is 310. The molecule has 4 aliphatic rings. The molecule has 4 fully saturated rings. The van der Waals surface area contributed by atoms with Gasteiger partial charge in [-0.25, -0.2) is 0 Å². The summed E-state index contributed by atoms with van der Waals surface area (Å²) in [5, 5.41) is 0. The minimum absolute atomic E-state index is 0.551. The number of hydrogen-bond acceptors (Lipinski definition) is 1. The van der Waals surface area contributed by atoms with E-state index in [2.05, 4.69) is 6.92 Å². The Hall–Kier alpha value is -0.0400. The lowest BCUT2D eigenvalue weighted by Gasteiger charge is -2.60. The van der Waals surface area contributed by atoms with Crippen LogP contribution in [0.2, 0.25) is 0 Å². The van der Waals surface area contributed by atoms with Crippen molar-refractivity contribution in [3.63, 3.8) is 0 Å². The van der Waals surface area contributed by atoms with Gasteiger partial charge in [0.15, 0.2) is 0 Å². The molecule has 21 heavy (non-hydrogen) atoms. The van der Waals surface area contributed by atoms with E-state index in [1.807, 2.05) is 0 Å². The van der Waals surface area contributed by atoms with Gasteiger partial charge in [-0.05, 0) is 61.7 Å². The van der Waals surface area contributed by atoms with E-state index in [0.717, 1.165) is 17.8 Å². The van der Waals surface area contributed by atoms with Crippen LogP contribution in [-0.2, 0) is 0 Å². The summed E-state index contributed by atoms with van der Waals surface area (Å²) in [5.74, 6) is 3.00. The summed E-state index contributed by atoms with van der Waals surface area (Å²) in [5.41, 5.74) is 7.28. The van der Waals surface area contributed by atoms with E-state index in [9.17, 15) is 0 Å². The largest absolute Gasteiger partial charge is 0.327 e. The van der Waals surface area contributed by atoms with Gasteiger partial charge in [0.2, 0.25) is 0 Å². The summed E-state index contributed by atoms with van der Waals surface area (Å²) < 4.78 is 0. The van der Waals surface area contributed by atoms with Crippen LogP contribution < -0.4 is 5.73 Å². The highest BCUT2D eigenvalue weighted by Gasteiger charge is 2.54. The number of rotatable bonds is 9. The van der Waals surface area contributed by atoms with Gasteiger partial charge in [0.25, 0.3) is 0 Å². The van der Waals surface area contributed by atoms with Crippen LogP contribution in [0.25, 0.3) is 0 Å². The van der Waals surface area contributed by atoms with Crippen molar-refractivity contribution in [1.82, 2.24) is 0 Å². The van der Waals surface area contributed by atoms with Crippen LogP contribution in [0.4, 0.5) is 0 Å². The predicted octanol–water partition coefficient (Wildman–Crippen LogP) is 5.67. The second-order valence-corrected chi connectivity index (χ2v) is 8.72. The van der Waals surface area contributed by atoms with Gasteiger partial charge < -0.3 is 5.73 Å². The molecular formula is C20H37N. The Morgan fingerprint density at radius 3 is 2.00 bits per heavy atom. The molecule has 4 aliphatic carbocycles. The summed E-state index contributed by atoms with van der Waals surface area (Å²) >= 11 is 0. The molecule has 0 amide bonds. The number of nitrogens with two attached hydrogens (primary N) is 1. The summed E-state index contributed by atoms with van der Waals surface area (Å²) in [6, 6.07) is 0.551. The normalized spacial score (nSPS) is 40.9. The second-order valence-electron chi connectivity index (χ2n) is 8.72. The second kappa shape index (κ2) is 7.02. The van der Waals surface area contributed by atoms with E-state index in [1.54, 1.807) is 6.42 Å². The van der Waals surface area contributed by atoms with Gasteiger partial charge in [-0.1, -0.05) is 58.3 Å². The molecule has 4 saturated carbocycles. The molecule has 5 atom stereocenters. The summed E-state index contributed by atoms with van der Waals surface area (Å²) in [4.78, 5) is 0. The summed E-state index contributed by atoms with van der Waals surface area (Å²) in [7, 11) is 0. The van der Waals surface area contributed by atoms with E-state index in [1.165, 1.54) is 83.5 Å². The van der Waals surface area contributed by atoms with Crippen LogP contribution in [0, 0.1) is 23.2 Å². The molecule has 1 heteroatoms. The molecular weight excluding hydrogens is 254 g/mol. The van der Waals surface area contributed by atoms with Gasteiger partial charge in [-0.2, -0.15) is 0 Å². The quantitative estimate of drug-likeness (QED) is 0.544. The SMILES string of the molecule is CCCCCCCCCCC12C[C@@H]3CC(C[C@@H](C3)C1)C2N. The topological polar surface area (TPSA) is 26.0 Å². The summed E-state index contributed by atoms with van der Waals surface area (Å²) in [6.45, 7) is 2.30. The third kappa shape index (κ3) is 3.49. The van der Waals surface area contributed by atoms with Crippen LogP contribution in [0.15, 0.2) is 0 Å². The van der Waals surface area contributed by atoms with Crippen molar-refractivity contribution in [2.45, 2.75) is 103 Å². The van der Waals surface area contributed by atoms with Gasteiger partial charge in [0.05, 0.1) is 0 Å². The molecule has 2 N–H and O–H groups in total. The highest BCUT2D eigenvalue weighted by atomic mass is 14.8. The van der Waals surface area contributed by atoms with Gasteiger partial charge in [0, 0.05) is 6.04 Å². The average molecular weight is 292 g/mol. The predicted molar refractivity (Wildman–Crippen MR) is 91.2 cm³/mol. The maximum absolute atomic E-state index is 6.70. The van der Waals surface area contributed by atoms with Crippen molar-refractivity contribution < 1.29 is 0 Å². The monoisotopic (exact) mass is 291 g/mol. The first kappa shape index (κ1) is 15.8. The lowest BCUT2D eigenvalue weighted by Crippen LogP contribution is -2.59. The number of hydrogen-bond donors (Lipinski definition) is 1. The fourth-order valence-corrected chi connectivity index (χ4v) is 6.23. The fourth-order valence-electron chi connectivity index (χ4n) is 6.23. The third-order valence-corrected chi connectivity index (χ3v) is 7.07. The van der Waals surface area contributed by atoms with E-state index in [0.29, 0.717) is 11.5 Å².